The summed E-state index contributed by atoms with van der Waals surface area (Å²) < 4.78 is 5.90. The van der Waals surface area contributed by atoms with E-state index < -0.39 is 11.5 Å². The van der Waals surface area contributed by atoms with Crippen molar-refractivity contribution in [2.75, 3.05) is 6.61 Å². The van der Waals surface area contributed by atoms with Crippen molar-refractivity contribution in [3.8, 4) is 5.69 Å². The van der Waals surface area contributed by atoms with Crippen molar-refractivity contribution in [1.82, 2.24) is 9.78 Å². The molecule has 20 heavy (non-hydrogen) atoms. The molecule has 5 nitrogen and oxygen atoms in total. The molecule has 2 aromatic rings. The molecule has 0 N–H and O–H groups in total. The van der Waals surface area contributed by atoms with Crippen LogP contribution in [0.25, 0.3) is 5.69 Å². The molecule has 0 aliphatic rings. The molecule has 1 heterocycles. The van der Waals surface area contributed by atoms with E-state index >= 15 is 0 Å². The maximum Gasteiger partial charge on any atom is 0.360 e. The van der Waals surface area contributed by atoms with Gasteiger partial charge in [0.1, 0.15) is 0 Å². The number of nitrogens with zero attached hydrogens (tertiary/aromatic N) is 2. The predicted molar refractivity (Wildman–Crippen MR) is 75.8 cm³/mol. The summed E-state index contributed by atoms with van der Waals surface area (Å²) >= 11 is 11.6. The highest BCUT2D eigenvalue weighted by Crippen LogP contribution is 2.15. The number of carbonyl (C=O) groups is 1. The van der Waals surface area contributed by atoms with Crippen LogP contribution in [-0.4, -0.2) is 22.4 Å². The molecule has 0 bridgehead atoms. The van der Waals surface area contributed by atoms with Gasteiger partial charge >= 0.3 is 5.97 Å². The molecule has 104 valence electrons. The van der Waals surface area contributed by atoms with Gasteiger partial charge in [-0.25, -0.2) is 4.79 Å². The largest absolute Gasteiger partial charge is 0.461 e. The van der Waals surface area contributed by atoms with Gasteiger partial charge in [0, 0.05) is 11.1 Å². The number of ether oxygens (including phenoxy) is 1. The van der Waals surface area contributed by atoms with Crippen LogP contribution in [-0.2, 0) is 4.74 Å². The topological polar surface area (TPSA) is 61.2 Å². The van der Waals surface area contributed by atoms with Crippen molar-refractivity contribution in [1.29, 1.82) is 0 Å². The van der Waals surface area contributed by atoms with E-state index in [9.17, 15) is 9.59 Å². The lowest BCUT2D eigenvalue weighted by atomic mass is 10.3. The molecule has 0 amide bonds. The molecular formula is C13H10Cl2N2O3. The molecule has 2 rings (SSSR count). The van der Waals surface area contributed by atoms with Gasteiger partial charge in [0.15, 0.2) is 5.69 Å². The van der Waals surface area contributed by atoms with Gasteiger partial charge in [-0.1, -0.05) is 23.2 Å². The van der Waals surface area contributed by atoms with Gasteiger partial charge < -0.3 is 4.74 Å². The van der Waals surface area contributed by atoms with E-state index in [1.165, 1.54) is 0 Å². The monoisotopic (exact) mass is 312 g/mol. The standard InChI is InChI=1S/C13H10Cl2N2O3/c1-2-20-13(19)12-10(15)7-11(18)17(16-12)9-5-3-8(14)4-6-9/h3-7H,2H2,1H3. The summed E-state index contributed by atoms with van der Waals surface area (Å²) in [5, 5.41) is 4.43. The first-order valence-corrected chi connectivity index (χ1v) is 6.51. The highest BCUT2D eigenvalue weighted by atomic mass is 35.5. The van der Waals surface area contributed by atoms with Crippen LogP contribution in [0.5, 0.6) is 0 Å². The molecule has 1 aromatic carbocycles. The van der Waals surface area contributed by atoms with Crippen LogP contribution < -0.4 is 5.56 Å². The average molecular weight is 313 g/mol. The highest BCUT2D eigenvalue weighted by Gasteiger charge is 2.16. The molecule has 0 saturated heterocycles. The third-order valence-corrected chi connectivity index (χ3v) is 2.97. The average Bonchev–Trinajstić information content (AvgIpc) is 2.40. The number of benzene rings is 1. The van der Waals surface area contributed by atoms with Crippen LogP contribution >= 0.6 is 23.2 Å². The Morgan fingerprint density at radius 2 is 1.95 bits per heavy atom. The Hall–Kier alpha value is -1.85. The van der Waals surface area contributed by atoms with Gasteiger partial charge in [-0.3, -0.25) is 4.79 Å². The van der Waals surface area contributed by atoms with Gasteiger partial charge in [-0.15, -0.1) is 0 Å². The first-order valence-electron chi connectivity index (χ1n) is 5.76. The summed E-state index contributed by atoms with van der Waals surface area (Å²) in [6.45, 7) is 1.86. The van der Waals surface area contributed by atoms with E-state index in [1.54, 1.807) is 31.2 Å². The van der Waals surface area contributed by atoms with Crippen molar-refractivity contribution < 1.29 is 9.53 Å². The summed E-state index contributed by atoms with van der Waals surface area (Å²) in [5.74, 6) is -0.680. The Kier molecular flexibility index (Phi) is 4.42. The van der Waals surface area contributed by atoms with Crippen LogP contribution in [0, 0.1) is 0 Å². The fourth-order valence-corrected chi connectivity index (χ4v) is 1.87. The predicted octanol–water partition coefficient (Wildman–Crippen LogP) is 2.72. The second-order valence-electron chi connectivity index (χ2n) is 3.79. The molecule has 0 atom stereocenters. The van der Waals surface area contributed by atoms with E-state index in [1.807, 2.05) is 0 Å². The van der Waals surface area contributed by atoms with E-state index in [4.69, 9.17) is 27.9 Å². The molecule has 0 unspecified atom stereocenters. The maximum absolute atomic E-state index is 11.9. The van der Waals surface area contributed by atoms with E-state index in [0.29, 0.717) is 10.7 Å². The minimum absolute atomic E-state index is 0.0429. The second-order valence-corrected chi connectivity index (χ2v) is 4.63. The number of aromatic nitrogens is 2. The van der Waals surface area contributed by atoms with Crippen LogP contribution in [0.4, 0.5) is 0 Å². The quantitative estimate of drug-likeness (QED) is 0.818. The van der Waals surface area contributed by atoms with Gasteiger partial charge in [-0.2, -0.15) is 9.78 Å². The Labute approximate surface area is 124 Å². The highest BCUT2D eigenvalue weighted by molar-refractivity contribution is 6.33. The molecule has 0 fully saturated rings. The fraction of sp³-hybridized carbons (Fsp3) is 0.154. The van der Waals surface area contributed by atoms with Crippen LogP contribution in [0.15, 0.2) is 35.1 Å². The Morgan fingerprint density at radius 1 is 1.30 bits per heavy atom. The van der Waals surface area contributed by atoms with Gasteiger partial charge in [-0.05, 0) is 31.2 Å². The van der Waals surface area contributed by atoms with E-state index in [2.05, 4.69) is 5.10 Å². The third-order valence-electron chi connectivity index (χ3n) is 2.43. The van der Waals surface area contributed by atoms with E-state index in [0.717, 1.165) is 10.7 Å². The minimum atomic E-state index is -0.680. The molecule has 0 aliphatic carbocycles. The number of esters is 1. The Morgan fingerprint density at radius 3 is 2.55 bits per heavy atom. The van der Waals surface area contributed by atoms with Crippen molar-refractivity contribution in [3.05, 3.63) is 56.4 Å². The second kappa shape index (κ2) is 6.07. The lowest BCUT2D eigenvalue weighted by molar-refractivity contribution is 0.0517. The molecular weight excluding hydrogens is 303 g/mol. The van der Waals surface area contributed by atoms with Crippen LogP contribution in [0.3, 0.4) is 0 Å². The molecule has 0 saturated carbocycles. The van der Waals surface area contributed by atoms with Crippen molar-refractivity contribution in [2.45, 2.75) is 6.92 Å². The lowest BCUT2D eigenvalue weighted by Gasteiger charge is -2.08. The summed E-state index contributed by atoms with van der Waals surface area (Å²) in [7, 11) is 0. The van der Waals surface area contributed by atoms with Crippen molar-refractivity contribution in [3.63, 3.8) is 0 Å². The van der Waals surface area contributed by atoms with Gasteiger partial charge in [0.25, 0.3) is 5.56 Å². The molecule has 0 radical (unpaired) electrons. The number of hydrogen-bond donors (Lipinski definition) is 0. The number of rotatable bonds is 3. The summed E-state index contributed by atoms with van der Waals surface area (Å²) in [6.07, 6.45) is 0. The van der Waals surface area contributed by atoms with Gasteiger partial charge in [0.2, 0.25) is 0 Å². The van der Waals surface area contributed by atoms with Crippen molar-refractivity contribution >= 4 is 29.2 Å². The fourth-order valence-electron chi connectivity index (χ4n) is 1.54. The van der Waals surface area contributed by atoms with Crippen molar-refractivity contribution in [2.24, 2.45) is 0 Å². The zero-order valence-corrected chi connectivity index (χ0v) is 12.0. The zero-order valence-electron chi connectivity index (χ0n) is 10.5. The molecule has 1 aromatic heterocycles. The normalized spacial score (nSPS) is 10.3. The smallest absolute Gasteiger partial charge is 0.360 e. The Bertz CT molecular complexity index is 696. The number of hydrogen-bond acceptors (Lipinski definition) is 4. The SMILES string of the molecule is CCOC(=O)c1nn(-c2ccc(Cl)cc2)c(=O)cc1Cl. The number of carbonyl (C=O) groups excluding carboxylic acids is 1. The number of halogens is 2. The molecule has 0 spiro atoms. The summed E-state index contributed by atoms with van der Waals surface area (Å²) in [5.41, 5.74) is -0.0879. The van der Waals surface area contributed by atoms with Crippen LogP contribution in [0.2, 0.25) is 10.0 Å². The summed E-state index contributed by atoms with van der Waals surface area (Å²) in [6, 6.07) is 7.57. The van der Waals surface area contributed by atoms with Gasteiger partial charge in [0.05, 0.1) is 17.3 Å². The maximum atomic E-state index is 11.9. The molecule has 0 aliphatic heterocycles. The van der Waals surface area contributed by atoms with E-state index in [-0.39, 0.29) is 17.3 Å². The summed E-state index contributed by atoms with van der Waals surface area (Å²) in [4.78, 5) is 23.6. The zero-order chi connectivity index (χ0) is 14.7. The molecule has 7 heteroatoms. The third kappa shape index (κ3) is 3.00. The lowest BCUT2D eigenvalue weighted by Crippen LogP contribution is -2.24. The first kappa shape index (κ1) is 14.6. The first-order chi connectivity index (χ1) is 9.52. The minimum Gasteiger partial charge on any atom is -0.461 e. The Balaban J connectivity index is 2.54. The van der Waals surface area contributed by atoms with Crippen LogP contribution in [0.1, 0.15) is 17.4 Å².